The number of allylic oxidation sites excluding steroid dienone is 2. The molecule has 1 fully saturated rings. The second kappa shape index (κ2) is 9.79. The van der Waals surface area contributed by atoms with Crippen LogP contribution >= 0.6 is 0 Å². The van der Waals surface area contributed by atoms with Gasteiger partial charge in [0.05, 0.1) is 5.56 Å². The van der Waals surface area contributed by atoms with Crippen molar-refractivity contribution in [3.8, 4) is 0 Å². The summed E-state index contributed by atoms with van der Waals surface area (Å²) in [6, 6.07) is 5.63. The van der Waals surface area contributed by atoms with E-state index in [0.717, 1.165) is 69.9 Å². The maximum Gasteiger partial charge on any atom is 0.416 e. The molecule has 0 saturated carbocycles. The number of likely N-dealkylation sites (tertiary alicyclic amines) is 1. The predicted octanol–water partition coefficient (Wildman–Crippen LogP) is 4.77. The molecule has 1 saturated heterocycles. The normalized spacial score (nSPS) is 21.3. The van der Waals surface area contributed by atoms with Gasteiger partial charge >= 0.3 is 6.18 Å². The Kier molecular flexibility index (Phi) is 7.38. The molecule has 1 aromatic rings. The zero-order valence-corrected chi connectivity index (χ0v) is 17.1. The molecule has 1 aliphatic heterocycles. The van der Waals surface area contributed by atoms with Crippen molar-refractivity contribution in [3.63, 3.8) is 0 Å². The van der Waals surface area contributed by atoms with Gasteiger partial charge in [-0.25, -0.2) is 0 Å². The number of alkyl halides is 3. The van der Waals surface area contributed by atoms with Crippen molar-refractivity contribution in [1.29, 1.82) is 0 Å². The average Bonchev–Trinajstić information content (AvgIpc) is 2.73. The lowest BCUT2D eigenvalue weighted by molar-refractivity contribution is -0.137. The van der Waals surface area contributed by atoms with E-state index in [0.29, 0.717) is 12.3 Å². The Morgan fingerprint density at radius 2 is 1.93 bits per heavy atom. The van der Waals surface area contributed by atoms with E-state index in [1.807, 2.05) is 11.9 Å². The summed E-state index contributed by atoms with van der Waals surface area (Å²) in [4.78, 5) is 16.8. The molecule has 0 unspecified atom stereocenters. The van der Waals surface area contributed by atoms with Gasteiger partial charge in [0.1, 0.15) is 0 Å². The Balaban J connectivity index is 1.40. The number of halogens is 3. The first kappa shape index (κ1) is 21.9. The van der Waals surface area contributed by atoms with Crippen molar-refractivity contribution in [3.05, 3.63) is 47.5 Å². The van der Waals surface area contributed by atoms with Crippen LogP contribution in [-0.4, -0.2) is 48.9 Å². The van der Waals surface area contributed by atoms with Gasteiger partial charge in [-0.3, -0.25) is 4.79 Å². The van der Waals surface area contributed by atoms with Gasteiger partial charge in [0.15, 0.2) is 0 Å². The molecule has 1 amide bonds. The third kappa shape index (κ3) is 6.33. The third-order valence-electron chi connectivity index (χ3n) is 6.20. The van der Waals surface area contributed by atoms with Crippen LogP contribution in [0.4, 0.5) is 13.2 Å². The summed E-state index contributed by atoms with van der Waals surface area (Å²) in [6.07, 6.45) is 5.48. The second-order valence-electron chi connectivity index (χ2n) is 8.43. The predicted molar refractivity (Wildman–Crippen MR) is 108 cm³/mol. The Labute approximate surface area is 171 Å². The van der Waals surface area contributed by atoms with Gasteiger partial charge in [-0.05, 0) is 69.2 Å². The minimum Gasteiger partial charge on any atom is -0.345 e. The monoisotopic (exact) mass is 408 g/mol. The molecule has 2 aliphatic rings. The highest BCUT2D eigenvalue weighted by atomic mass is 19.4. The molecule has 6 heteroatoms. The molecule has 1 aromatic carbocycles. The zero-order chi connectivity index (χ0) is 20.9. The molecule has 29 heavy (non-hydrogen) atoms. The van der Waals surface area contributed by atoms with Gasteiger partial charge in [0, 0.05) is 26.1 Å². The average molecular weight is 409 g/mol. The van der Waals surface area contributed by atoms with Crippen LogP contribution in [0.25, 0.3) is 0 Å². The van der Waals surface area contributed by atoms with Crippen molar-refractivity contribution in [2.75, 3.05) is 33.2 Å². The van der Waals surface area contributed by atoms with E-state index in [9.17, 15) is 18.0 Å². The summed E-state index contributed by atoms with van der Waals surface area (Å²) in [5.74, 6) is 0.909. The topological polar surface area (TPSA) is 23.6 Å². The number of piperidine rings is 1. The van der Waals surface area contributed by atoms with Gasteiger partial charge in [-0.2, -0.15) is 13.2 Å². The van der Waals surface area contributed by atoms with Gasteiger partial charge in [-0.15, -0.1) is 0 Å². The molecule has 160 valence electrons. The zero-order valence-electron chi connectivity index (χ0n) is 17.1. The van der Waals surface area contributed by atoms with E-state index in [1.165, 1.54) is 12.1 Å². The number of rotatable bonds is 6. The largest absolute Gasteiger partial charge is 0.416 e. The number of hydrogen-bond donors (Lipinski definition) is 0. The molecule has 0 radical (unpaired) electrons. The van der Waals surface area contributed by atoms with E-state index in [-0.39, 0.29) is 11.8 Å². The van der Waals surface area contributed by atoms with Gasteiger partial charge < -0.3 is 9.80 Å². The SMILES string of the molecule is CN(CC1CCN(CCc2cccc(C(F)(F)F)c2)CC1)C(=O)[C@@H]1CC=CCC1. The molecule has 1 heterocycles. The first-order valence-corrected chi connectivity index (χ1v) is 10.6. The number of hydrogen-bond acceptors (Lipinski definition) is 2. The molecule has 1 aliphatic carbocycles. The fourth-order valence-electron chi connectivity index (χ4n) is 4.39. The Morgan fingerprint density at radius 3 is 2.59 bits per heavy atom. The molecule has 0 N–H and O–H groups in total. The summed E-state index contributed by atoms with van der Waals surface area (Å²) >= 11 is 0. The molecular weight excluding hydrogens is 377 g/mol. The molecule has 0 bridgehead atoms. The third-order valence-corrected chi connectivity index (χ3v) is 6.20. The Morgan fingerprint density at radius 1 is 1.17 bits per heavy atom. The smallest absolute Gasteiger partial charge is 0.345 e. The number of nitrogens with zero attached hydrogens (tertiary/aromatic N) is 2. The highest BCUT2D eigenvalue weighted by molar-refractivity contribution is 5.78. The lowest BCUT2D eigenvalue weighted by atomic mass is 9.91. The van der Waals surface area contributed by atoms with E-state index >= 15 is 0 Å². The molecule has 3 rings (SSSR count). The summed E-state index contributed by atoms with van der Waals surface area (Å²) < 4.78 is 38.5. The minimum atomic E-state index is -4.29. The lowest BCUT2D eigenvalue weighted by Crippen LogP contribution is -2.41. The molecular formula is C23H31F3N2O. The number of benzene rings is 1. The van der Waals surface area contributed by atoms with E-state index in [2.05, 4.69) is 17.1 Å². The van der Waals surface area contributed by atoms with Crippen molar-refractivity contribution in [1.82, 2.24) is 9.80 Å². The van der Waals surface area contributed by atoms with Crippen molar-refractivity contribution in [2.24, 2.45) is 11.8 Å². The molecule has 0 aromatic heterocycles. The van der Waals surface area contributed by atoms with Gasteiger partial charge in [0.25, 0.3) is 0 Å². The van der Waals surface area contributed by atoms with Crippen LogP contribution in [0.2, 0.25) is 0 Å². The van der Waals surface area contributed by atoms with E-state index in [4.69, 9.17) is 0 Å². The summed E-state index contributed by atoms with van der Waals surface area (Å²) in [7, 11) is 1.92. The summed E-state index contributed by atoms with van der Waals surface area (Å²) in [5.41, 5.74) is 0.156. The molecule has 3 nitrogen and oxygen atoms in total. The Hall–Kier alpha value is -1.82. The molecule has 0 spiro atoms. The van der Waals surface area contributed by atoms with Gasteiger partial charge in [0.2, 0.25) is 5.91 Å². The minimum absolute atomic E-state index is 0.137. The van der Waals surface area contributed by atoms with Crippen LogP contribution in [0, 0.1) is 11.8 Å². The van der Waals surface area contributed by atoms with Crippen molar-refractivity contribution < 1.29 is 18.0 Å². The van der Waals surface area contributed by atoms with E-state index < -0.39 is 11.7 Å². The van der Waals surface area contributed by atoms with Crippen LogP contribution in [0.5, 0.6) is 0 Å². The van der Waals surface area contributed by atoms with Crippen LogP contribution in [0.3, 0.4) is 0 Å². The number of carbonyl (C=O) groups is 1. The van der Waals surface area contributed by atoms with Crippen LogP contribution in [0.15, 0.2) is 36.4 Å². The molecule has 1 atom stereocenters. The number of carbonyl (C=O) groups excluding carboxylic acids is 1. The number of amides is 1. The fourth-order valence-corrected chi connectivity index (χ4v) is 4.39. The van der Waals surface area contributed by atoms with Gasteiger partial charge in [-0.1, -0.05) is 30.4 Å². The first-order chi connectivity index (χ1) is 13.8. The second-order valence-corrected chi connectivity index (χ2v) is 8.43. The van der Waals surface area contributed by atoms with Crippen LogP contribution in [0.1, 0.15) is 43.2 Å². The maximum atomic E-state index is 12.8. The summed E-state index contributed by atoms with van der Waals surface area (Å²) in [5, 5.41) is 0. The van der Waals surface area contributed by atoms with Crippen LogP contribution < -0.4 is 0 Å². The van der Waals surface area contributed by atoms with E-state index in [1.54, 1.807) is 6.07 Å². The standard InChI is InChI=1S/C23H31F3N2O/c1-27(22(29)20-7-3-2-4-8-20)17-19-11-14-28(15-12-19)13-10-18-6-5-9-21(16-18)23(24,25)26/h2-3,5-6,9,16,19-20H,4,7-8,10-15,17H2,1H3/t20-/m1/s1. The highest BCUT2D eigenvalue weighted by Gasteiger charge is 2.30. The van der Waals surface area contributed by atoms with Crippen molar-refractivity contribution >= 4 is 5.91 Å². The quantitative estimate of drug-likeness (QED) is 0.633. The Bertz CT molecular complexity index is 708. The highest BCUT2D eigenvalue weighted by Crippen LogP contribution is 2.30. The maximum absolute atomic E-state index is 12.8. The van der Waals surface area contributed by atoms with Crippen LogP contribution in [-0.2, 0) is 17.4 Å². The first-order valence-electron chi connectivity index (χ1n) is 10.6. The lowest BCUT2D eigenvalue weighted by Gasteiger charge is -2.35. The van der Waals surface area contributed by atoms with Crippen molar-refractivity contribution in [2.45, 2.75) is 44.7 Å². The summed E-state index contributed by atoms with van der Waals surface area (Å²) in [6.45, 7) is 3.47. The fraction of sp³-hybridized carbons (Fsp3) is 0.609.